The summed E-state index contributed by atoms with van der Waals surface area (Å²) in [6.45, 7) is 7.84. The van der Waals surface area contributed by atoms with Gasteiger partial charge in [0.2, 0.25) is 0 Å². The van der Waals surface area contributed by atoms with Crippen LogP contribution in [0, 0.1) is 0 Å². The van der Waals surface area contributed by atoms with Crippen molar-refractivity contribution in [3.63, 3.8) is 0 Å². The number of benzene rings is 2. The number of aliphatic imine (C=N–C) groups is 1. The van der Waals surface area contributed by atoms with Gasteiger partial charge in [-0.3, -0.25) is 14.6 Å². The fourth-order valence-corrected chi connectivity index (χ4v) is 3.65. The molecule has 1 saturated heterocycles. The number of nitrogens with one attached hydrogen (secondary N) is 2. The largest absolute Gasteiger partial charge is 0.405 e. The van der Waals surface area contributed by atoms with Crippen molar-refractivity contribution < 1.29 is 14.3 Å². The number of ether oxygens (including phenoxy) is 1. The highest BCUT2D eigenvalue weighted by Gasteiger charge is 2.24. The second-order valence-electron chi connectivity index (χ2n) is 8.13. The number of nitrogens with zero attached hydrogens (tertiary/aromatic N) is 3. The van der Waals surface area contributed by atoms with E-state index >= 15 is 0 Å². The number of rotatable bonds is 12. The number of hydrogen-bond acceptors (Lipinski definition) is 7. The van der Waals surface area contributed by atoms with Crippen LogP contribution in [0.1, 0.15) is 32.7 Å². The summed E-state index contributed by atoms with van der Waals surface area (Å²) in [5.41, 5.74) is 7.34. The van der Waals surface area contributed by atoms with Gasteiger partial charge in [-0.15, -0.1) is 0 Å². The number of hydrazine groups is 1. The zero-order chi connectivity index (χ0) is 25.6. The van der Waals surface area contributed by atoms with E-state index < -0.39 is 0 Å². The predicted molar refractivity (Wildman–Crippen MR) is 141 cm³/mol. The first-order valence-electron chi connectivity index (χ1n) is 12.0. The molecule has 2 aromatic rings. The van der Waals surface area contributed by atoms with Crippen LogP contribution in [0.5, 0.6) is 0 Å². The molecule has 0 unspecified atom stereocenters. The molecule has 0 saturated carbocycles. The van der Waals surface area contributed by atoms with Gasteiger partial charge in [0.05, 0.1) is 13.2 Å². The average Bonchev–Trinajstić information content (AvgIpc) is 2.92. The predicted octanol–water partition coefficient (Wildman–Crippen LogP) is 2.30. The van der Waals surface area contributed by atoms with E-state index in [0.29, 0.717) is 69.3 Å². The molecule has 0 atom stereocenters. The summed E-state index contributed by atoms with van der Waals surface area (Å²) in [4.78, 5) is 30.0. The maximum atomic E-state index is 13.4. The van der Waals surface area contributed by atoms with E-state index in [1.54, 1.807) is 41.6 Å². The van der Waals surface area contributed by atoms with Crippen LogP contribution in [0.15, 0.2) is 84.3 Å². The van der Waals surface area contributed by atoms with Crippen LogP contribution in [-0.2, 0) is 11.3 Å². The lowest BCUT2D eigenvalue weighted by Gasteiger charge is -2.37. The summed E-state index contributed by atoms with van der Waals surface area (Å²) in [5, 5.41) is 9.82. The van der Waals surface area contributed by atoms with Crippen molar-refractivity contribution in [1.82, 2.24) is 20.7 Å². The average molecular weight is 491 g/mol. The Morgan fingerprint density at radius 3 is 2.44 bits per heavy atom. The van der Waals surface area contributed by atoms with Gasteiger partial charge in [0.25, 0.3) is 11.8 Å². The smallest absolute Gasteiger partial charge is 0.268 e. The van der Waals surface area contributed by atoms with Crippen LogP contribution in [0.2, 0.25) is 0 Å². The molecule has 4 N–H and O–H groups in total. The number of carbonyl (C=O) groups is 2. The Hall–Kier alpha value is -3.95. The van der Waals surface area contributed by atoms with Crippen LogP contribution in [-0.4, -0.2) is 67.4 Å². The van der Waals surface area contributed by atoms with Gasteiger partial charge >= 0.3 is 0 Å². The fourth-order valence-electron chi connectivity index (χ4n) is 3.65. The molecule has 190 valence electrons. The van der Waals surface area contributed by atoms with E-state index in [9.17, 15) is 9.59 Å². The number of carbonyl (C=O) groups excluding carboxylic acids is 2. The third-order valence-corrected chi connectivity index (χ3v) is 5.56. The van der Waals surface area contributed by atoms with Gasteiger partial charge in [-0.1, -0.05) is 36.9 Å². The van der Waals surface area contributed by atoms with Gasteiger partial charge in [0.15, 0.2) is 0 Å². The van der Waals surface area contributed by atoms with Gasteiger partial charge in [0, 0.05) is 50.1 Å². The zero-order valence-electron chi connectivity index (χ0n) is 20.4. The Balaban J connectivity index is 1.58. The SMILES string of the molecule is C=C(/N=C\C=C/N)NCCCN(C(=O)c1ccc(C(=O)NCc2ccccc2)cc1)N1CCOCC1. The molecule has 1 fully saturated rings. The van der Waals surface area contributed by atoms with Gasteiger partial charge in [0.1, 0.15) is 5.82 Å². The monoisotopic (exact) mass is 490 g/mol. The lowest BCUT2D eigenvalue weighted by molar-refractivity contribution is -0.0700. The molecule has 1 heterocycles. The van der Waals surface area contributed by atoms with Crippen molar-refractivity contribution in [2.45, 2.75) is 13.0 Å². The van der Waals surface area contributed by atoms with E-state index in [0.717, 1.165) is 5.56 Å². The molecule has 9 heteroatoms. The van der Waals surface area contributed by atoms with E-state index in [1.807, 2.05) is 35.3 Å². The first-order chi connectivity index (χ1) is 17.6. The maximum Gasteiger partial charge on any atom is 0.268 e. The van der Waals surface area contributed by atoms with E-state index in [1.165, 1.54) is 6.20 Å². The second kappa shape index (κ2) is 14.4. The fraction of sp³-hybridized carbons (Fsp3) is 0.296. The third-order valence-electron chi connectivity index (χ3n) is 5.56. The lowest BCUT2D eigenvalue weighted by atomic mass is 10.1. The lowest BCUT2D eigenvalue weighted by Crippen LogP contribution is -2.52. The van der Waals surface area contributed by atoms with Crippen LogP contribution in [0.3, 0.4) is 0 Å². The Morgan fingerprint density at radius 1 is 1.06 bits per heavy atom. The Morgan fingerprint density at radius 2 is 1.75 bits per heavy atom. The minimum absolute atomic E-state index is 0.113. The van der Waals surface area contributed by atoms with Gasteiger partial charge in [-0.05, 0) is 48.5 Å². The Bertz CT molecular complexity index is 1050. The summed E-state index contributed by atoms with van der Waals surface area (Å²) in [6, 6.07) is 16.5. The molecule has 0 spiro atoms. The molecule has 0 radical (unpaired) electrons. The van der Waals surface area contributed by atoms with Crippen LogP contribution in [0.25, 0.3) is 0 Å². The molecular weight excluding hydrogens is 456 g/mol. The van der Waals surface area contributed by atoms with Crippen molar-refractivity contribution in [2.24, 2.45) is 10.7 Å². The summed E-state index contributed by atoms with van der Waals surface area (Å²) in [5.74, 6) is 0.232. The highest BCUT2D eigenvalue weighted by Crippen LogP contribution is 2.13. The highest BCUT2D eigenvalue weighted by molar-refractivity contribution is 5.97. The number of amides is 2. The molecule has 1 aliphatic rings. The first kappa shape index (κ1) is 26.7. The number of morpholine rings is 1. The molecule has 9 nitrogen and oxygen atoms in total. The molecule has 0 aromatic heterocycles. The molecular formula is C27H34N6O3. The topological polar surface area (TPSA) is 112 Å². The minimum atomic E-state index is -0.182. The highest BCUT2D eigenvalue weighted by atomic mass is 16.5. The van der Waals surface area contributed by atoms with Crippen molar-refractivity contribution >= 4 is 18.0 Å². The minimum Gasteiger partial charge on any atom is -0.405 e. The van der Waals surface area contributed by atoms with Crippen molar-refractivity contribution in [2.75, 3.05) is 39.4 Å². The van der Waals surface area contributed by atoms with E-state index in [-0.39, 0.29) is 11.8 Å². The molecule has 0 bridgehead atoms. The summed E-state index contributed by atoms with van der Waals surface area (Å²) < 4.78 is 5.46. The first-order valence-corrected chi connectivity index (χ1v) is 12.0. The summed E-state index contributed by atoms with van der Waals surface area (Å²) >= 11 is 0. The Labute approximate surface area is 212 Å². The molecule has 1 aliphatic heterocycles. The van der Waals surface area contributed by atoms with Gasteiger partial charge in [-0.2, -0.15) is 0 Å². The van der Waals surface area contributed by atoms with Crippen LogP contribution in [0.4, 0.5) is 0 Å². The van der Waals surface area contributed by atoms with Crippen LogP contribution >= 0.6 is 0 Å². The van der Waals surface area contributed by atoms with Gasteiger partial charge in [-0.25, -0.2) is 10.0 Å². The molecule has 2 aromatic carbocycles. The van der Waals surface area contributed by atoms with Crippen molar-refractivity contribution in [3.8, 4) is 0 Å². The zero-order valence-corrected chi connectivity index (χ0v) is 20.4. The number of hydrogen-bond donors (Lipinski definition) is 3. The quantitative estimate of drug-likeness (QED) is 0.311. The second-order valence-corrected chi connectivity index (χ2v) is 8.13. The summed E-state index contributed by atoms with van der Waals surface area (Å²) in [6.07, 6.45) is 5.27. The molecule has 36 heavy (non-hydrogen) atoms. The van der Waals surface area contributed by atoms with Crippen molar-refractivity contribution in [1.29, 1.82) is 0 Å². The standard InChI is InChI=1S/C27H34N6O3/c1-22(29-14-5-13-28)30-15-6-16-33(32-17-19-36-20-18-32)27(35)25-11-9-24(10-12-25)26(34)31-21-23-7-3-2-4-8-23/h2-5,7-14,30H,1,6,15-21,28H2,(H,31,34)/b13-5-,29-14-. The Kier molecular flexibility index (Phi) is 10.7. The normalized spacial score (nSPS) is 14.1. The van der Waals surface area contributed by atoms with Gasteiger partial charge < -0.3 is 21.1 Å². The van der Waals surface area contributed by atoms with E-state index in [4.69, 9.17) is 10.5 Å². The van der Waals surface area contributed by atoms with E-state index in [2.05, 4.69) is 22.2 Å². The van der Waals surface area contributed by atoms with Crippen LogP contribution < -0.4 is 16.4 Å². The molecule has 2 amide bonds. The molecule has 0 aliphatic carbocycles. The third kappa shape index (κ3) is 8.37. The van der Waals surface area contributed by atoms with Crippen molar-refractivity contribution in [3.05, 3.63) is 96.0 Å². The number of allylic oxidation sites excluding steroid dienone is 1. The maximum absolute atomic E-state index is 13.4. The summed E-state index contributed by atoms with van der Waals surface area (Å²) in [7, 11) is 0. The number of nitrogens with two attached hydrogens (primary N) is 1. The molecule has 3 rings (SSSR count).